The van der Waals surface area contributed by atoms with Gasteiger partial charge >= 0.3 is 51.4 Å². The van der Waals surface area contributed by atoms with E-state index < -0.39 is 6.17 Å². The zero-order valence-corrected chi connectivity index (χ0v) is 17.5. The third-order valence-corrected chi connectivity index (χ3v) is 3.71. The molecule has 0 spiro atoms. The largest absolute Gasteiger partial charge is 1.00 e. The summed E-state index contributed by atoms with van der Waals surface area (Å²) in [5.41, 5.74) is 3.23. The Hall–Kier alpha value is -0.724. The van der Waals surface area contributed by atoms with Crippen molar-refractivity contribution in [2.45, 2.75) is 26.9 Å². The normalized spacial score (nSPS) is 12.7. The Morgan fingerprint density at radius 1 is 1.43 bits per heavy atom. The van der Waals surface area contributed by atoms with Gasteiger partial charge in [-0.25, -0.2) is 4.39 Å². The molecule has 2 rings (SSSR count). The van der Waals surface area contributed by atoms with Crippen molar-refractivity contribution in [1.82, 2.24) is 4.57 Å². The second-order valence-electron chi connectivity index (χ2n) is 5.51. The second kappa shape index (κ2) is 8.40. The standard InChI is InChI=1S/C18H21FN2O.K/c1-11(14(4)19)9-13(3)20-16-7-6-8-17-15(16)10-12(2)18(22)21(17)5;/h6-10,14H,3H2,1-2,4-5H3,(H,20,22);/q;+1/p-1/b11-9+;. The Morgan fingerprint density at radius 3 is 2.70 bits per heavy atom. The molecule has 0 N–H and O–H groups in total. The van der Waals surface area contributed by atoms with Crippen molar-refractivity contribution in [3.63, 3.8) is 0 Å². The number of allylic oxidation sites excluding steroid dienone is 2. The van der Waals surface area contributed by atoms with E-state index >= 15 is 0 Å². The van der Waals surface area contributed by atoms with E-state index in [4.69, 9.17) is 0 Å². The van der Waals surface area contributed by atoms with Gasteiger partial charge in [-0.05, 0) is 43.9 Å². The molecule has 0 radical (unpaired) electrons. The molecule has 116 valence electrons. The van der Waals surface area contributed by atoms with Gasteiger partial charge in [0.1, 0.15) is 6.17 Å². The van der Waals surface area contributed by atoms with Gasteiger partial charge in [-0.1, -0.05) is 18.2 Å². The fourth-order valence-electron chi connectivity index (χ4n) is 2.30. The smallest absolute Gasteiger partial charge is 0.658 e. The van der Waals surface area contributed by atoms with Crippen LogP contribution in [0.3, 0.4) is 0 Å². The number of nitrogens with zero attached hydrogens (tertiary/aromatic N) is 2. The van der Waals surface area contributed by atoms with E-state index in [0.29, 0.717) is 16.8 Å². The predicted octanol–water partition coefficient (Wildman–Crippen LogP) is 1.67. The van der Waals surface area contributed by atoms with Gasteiger partial charge in [0.25, 0.3) is 5.56 Å². The number of rotatable bonds is 4. The molecule has 1 aromatic carbocycles. The summed E-state index contributed by atoms with van der Waals surface area (Å²) in [7, 11) is 1.74. The maximum absolute atomic E-state index is 13.2. The minimum atomic E-state index is -1.03. The van der Waals surface area contributed by atoms with Crippen LogP contribution in [0.5, 0.6) is 0 Å². The summed E-state index contributed by atoms with van der Waals surface area (Å²) in [4.78, 5) is 12.0. The number of aryl methyl sites for hydroxylation is 2. The van der Waals surface area contributed by atoms with Crippen molar-refractivity contribution in [2.24, 2.45) is 7.05 Å². The minimum Gasteiger partial charge on any atom is -0.658 e. The molecule has 1 aromatic heterocycles. The van der Waals surface area contributed by atoms with Crippen molar-refractivity contribution < 1.29 is 55.8 Å². The molecule has 5 heteroatoms. The van der Waals surface area contributed by atoms with E-state index in [1.165, 1.54) is 6.92 Å². The first kappa shape index (κ1) is 20.3. The molecule has 0 aliphatic carbocycles. The van der Waals surface area contributed by atoms with Gasteiger partial charge in [0.05, 0.1) is 0 Å². The van der Waals surface area contributed by atoms with Crippen LogP contribution >= 0.6 is 0 Å². The molecule has 0 saturated carbocycles. The molecule has 1 atom stereocenters. The first-order valence-corrected chi connectivity index (χ1v) is 7.13. The zero-order valence-electron chi connectivity index (χ0n) is 14.4. The van der Waals surface area contributed by atoms with E-state index in [1.807, 2.05) is 24.3 Å². The molecule has 1 heterocycles. The summed E-state index contributed by atoms with van der Waals surface area (Å²) >= 11 is 0. The van der Waals surface area contributed by atoms with Crippen LogP contribution in [0.1, 0.15) is 19.4 Å². The van der Waals surface area contributed by atoms with Gasteiger partial charge in [-0.3, -0.25) is 4.79 Å². The molecule has 23 heavy (non-hydrogen) atoms. The van der Waals surface area contributed by atoms with Gasteiger partial charge < -0.3 is 9.88 Å². The van der Waals surface area contributed by atoms with E-state index in [2.05, 4.69) is 11.9 Å². The summed E-state index contributed by atoms with van der Waals surface area (Å²) < 4.78 is 14.8. The van der Waals surface area contributed by atoms with Crippen LogP contribution in [0.2, 0.25) is 0 Å². The fraction of sp³-hybridized carbons (Fsp3) is 0.278. The predicted molar refractivity (Wildman–Crippen MR) is 90.4 cm³/mol. The number of hydrogen-bond donors (Lipinski definition) is 0. The Labute approximate surface area is 178 Å². The topological polar surface area (TPSA) is 36.1 Å². The third kappa shape index (κ3) is 4.64. The van der Waals surface area contributed by atoms with Crippen molar-refractivity contribution in [2.75, 3.05) is 0 Å². The first-order valence-electron chi connectivity index (χ1n) is 7.13. The second-order valence-corrected chi connectivity index (χ2v) is 5.51. The molecular weight excluding hydrogens is 318 g/mol. The van der Waals surface area contributed by atoms with Crippen LogP contribution < -0.4 is 56.9 Å². The Kier molecular flexibility index (Phi) is 7.42. The van der Waals surface area contributed by atoms with E-state index in [0.717, 1.165) is 16.6 Å². The maximum atomic E-state index is 13.2. The minimum absolute atomic E-state index is 0. The Morgan fingerprint density at radius 2 is 2.09 bits per heavy atom. The van der Waals surface area contributed by atoms with Crippen molar-refractivity contribution in [1.29, 1.82) is 0 Å². The van der Waals surface area contributed by atoms with Gasteiger partial charge in [0, 0.05) is 18.1 Å². The average molecular weight is 338 g/mol. The number of halogens is 1. The summed E-state index contributed by atoms with van der Waals surface area (Å²) in [6, 6.07) is 7.41. The van der Waals surface area contributed by atoms with Crippen molar-refractivity contribution in [3.05, 3.63) is 69.4 Å². The molecule has 0 amide bonds. The van der Waals surface area contributed by atoms with E-state index in [-0.39, 0.29) is 56.9 Å². The molecule has 1 unspecified atom stereocenters. The van der Waals surface area contributed by atoms with Gasteiger partial charge in [0.15, 0.2) is 0 Å². The SMILES string of the molecule is C=C(/C=C(\C)C(C)F)[N-]c1cccc2c1cc(C)c(=O)n2C.[K+]. The molecule has 2 aromatic rings. The molecule has 0 aliphatic rings. The Bertz CT molecular complexity index is 822. The number of benzene rings is 1. The summed E-state index contributed by atoms with van der Waals surface area (Å²) in [6.45, 7) is 8.84. The van der Waals surface area contributed by atoms with Gasteiger partial charge in [-0.2, -0.15) is 0 Å². The van der Waals surface area contributed by atoms with E-state index in [1.54, 1.807) is 31.5 Å². The summed E-state index contributed by atoms with van der Waals surface area (Å²) in [5, 5.41) is 5.35. The Balaban J connectivity index is 0.00000264. The van der Waals surface area contributed by atoms with Crippen molar-refractivity contribution >= 4 is 16.6 Å². The average Bonchev–Trinajstić information content (AvgIpc) is 2.45. The van der Waals surface area contributed by atoms with Crippen LogP contribution in [-0.2, 0) is 7.05 Å². The zero-order chi connectivity index (χ0) is 16.4. The van der Waals surface area contributed by atoms with Gasteiger partial charge in [0.2, 0.25) is 0 Å². The number of aromatic nitrogens is 1. The molecule has 3 nitrogen and oxygen atoms in total. The fourth-order valence-corrected chi connectivity index (χ4v) is 2.30. The van der Waals surface area contributed by atoms with Crippen LogP contribution in [0.25, 0.3) is 16.2 Å². The molecule has 0 saturated heterocycles. The van der Waals surface area contributed by atoms with Crippen LogP contribution in [0, 0.1) is 6.92 Å². The van der Waals surface area contributed by atoms with Crippen LogP contribution in [0.4, 0.5) is 10.1 Å². The quantitative estimate of drug-likeness (QED) is 0.617. The number of fused-ring (bicyclic) bond motifs is 1. The summed E-state index contributed by atoms with van der Waals surface area (Å²) in [6.07, 6.45) is 0.612. The maximum Gasteiger partial charge on any atom is 1.00 e. The first-order chi connectivity index (χ1) is 10.3. The summed E-state index contributed by atoms with van der Waals surface area (Å²) in [5.74, 6) is 0. The molecule has 0 aliphatic heterocycles. The molecule has 0 bridgehead atoms. The molecule has 0 fully saturated rings. The van der Waals surface area contributed by atoms with Crippen LogP contribution in [0.15, 0.2) is 53.0 Å². The van der Waals surface area contributed by atoms with Crippen molar-refractivity contribution in [3.8, 4) is 0 Å². The number of hydrogen-bond acceptors (Lipinski definition) is 1. The van der Waals surface area contributed by atoms with Crippen LogP contribution in [-0.4, -0.2) is 10.7 Å². The number of pyridine rings is 1. The monoisotopic (exact) mass is 338 g/mol. The van der Waals surface area contributed by atoms with Gasteiger partial charge in [-0.15, -0.1) is 18.0 Å². The number of alkyl halides is 1. The third-order valence-electron chi connectivity index (χ3n) is 3.71. The van der Waals surface area contributed by atoms with E-state index in [9.17, 15) is 9.18 Å². The molecular formula is C18H20FKN2O.